The Morgan fingerprint density at radius 1 is 1.27 bits per heavy atom. The van der Waals surface area contributed by atoms with Crippen LogP contribution in [0, 0.1) is 3.57 Å². The fourth-order valence-electron chi connectivity index (χ4n) is 1.07. The molecule has 0 fully saturated rings. The van der Waals surface area contributed by atoms with Gasteiger partial charge in [0.05, 0.1) is 0 Å². The fraction of sp³-hybridized carbons (Fsp3) is 0. The van der Waals surface area contributed by atoms with E-state index < -0.39 is 0 Å². The van der Waals surface area contributed by atoms with E-state index in [2.05, 4.69) is 61.7 Å². The monoisotopic (exact) mass is 321 g/mol. The lowest BCUT2D eigenvalue weighted by molar-refractivity contribution is 1.47. The standard InChI is InChI=1S/C8H5BrIN/c9-6-1-2-7-5(8(6)10)3-4-11-7/h1-4,11H. The summed E-state index contributed by atoms with van der Waals surface area (Å²) in [7, 11) is 0. The maximum atomic E-state index is 3.48. The molecule has 0 aliphatic rings. The number of aromatic nitrogens is 1. The Balaban J connectivity index is 2.93. The van der Waals surface area contributed by atoms with Crippen molar-refractivity contribution in [2.75, 3.05) is 0 Å². The van der Waals surface area contributed by atoms with Crippen molar-refractivity contribution in [2.45, 2.75) is 0 Å². The third kappa shape index (κ3) is 1.20. The zero-order chi connectivity index (χ0) is 7.84. The van der Waals surface area contributed by atoms with Gasteiger partial charge in [0.15, 0.2) is 0 Å². The Morgan fingerprint density at radius 2 is 2.09 bits per heavy atom. The maximum absolute atomic E-state index is 3.48. The molecule has 0 bridgehead atoms. The van der Waals surface area contributed by atoms with Crippen molar-refractivity contribution in [3.05, 3.63) is 32.4 Å². The Labute approximate surface area is 86.5 Å². The summed E-state index contributed by atoms with van der Waals surface area (Å²) < 4.78 is 2.42. The summed E-state index contributed by atoms with van der Waals surface area (Å²) in [6, 6.07) is 6.21. The fourth-order valence-corrected chi connectivity index (χ4v) is 2.07. The predicted octanol–water partition coefficient (Wildman–Crippen LogP) is 3.54. The first kappa shape index (κ1) is 7.61. The van der Waals surface area contributed by atoms with Crippen LogP contribution in [-0.2, 0) is 0 Å². The van der Waals surface area contributed by atoms with Gasteiger partial charge in [-0.3, -0.25) is 0 Å². The smallest absolute Gasteiger partial charge is 0.0465 e. The summed E-state index contributed by atoms with van der Waals surface area (Å²) in [6.45, 7) is 0. The lowest BCUT2D eigenvalue weighted by atomic mass is 10.3. The highest BCUT2D eigenvalue weighted by atomic mass is 127. The molecule has 2 aromatic rings. The minimum absolute atomic E-state index is 1.16. The van der Waals surface area contributed by atoms with Gasteiger partial charge in [0.2, 0.25) is 0 Å². The van der Waals surface area contributed by atoms with Crippen molar-refractivity contribution in [2.24, 2.45) is 0 Å². The van der Waals surface area contributed by atoms with Gasteiger partial charge in [-0.25, -0.2) is 0 Å². The van der Waals surface area contributed by atoms with Crippen LogP contribution < -0.4 is 0 Å². The molecule has 0 unspecified atom stereocenters. The largest absolute Gasteiger partial charge is 0.361 e. The van der Waals surface area contributed by atoms with Crippen LogP contribution in [0.1, 0.15) is 0 Å². The number of nitrogens with one attached hydrogen (secondary N) is 1. The summed E-state index contributed by atoms with van der Waals surface area (Å²) >= 11 is 5.81. The van der Waals surface area contributed by atoms with Gasteiger partial charge in [-0.1, -0.05) is 0 Å². The molecular weight excluding hydrogens is 317 g/mol. The first-order valence-electron chi connectivity index (χ1n) is 3.20. The Morgan fingerprint density at radius 3 is 2.91 bits per heavy atom. The number of fused-ring (bicyclic) bond motifs is 1. The van der Waals surface area contributed by atoms with Crippen LogP contribution in [0.3, 0.4) is 0 Å². The van der Waals surface area contributed by atoms with Crippen LogP contribution in [0.25, 0.3) is 10.9 Å². The van der Waals surface area contributed by atoms with E-state index >= 15 is 0 Å². The van der Waals surface area contributed by atoms with Crippen LogP contribution in [0.15, 0.2) is 28.9 Å². The molecule has 1 aromatic heterocycles. The second kappa shape index (κ2) is 2.79. The molecule has 0 aliphatic carbocycles. The molecular formula is C8H5BrIN. The van der Waals surface area contributed by atoms with Gasteiger partial charge < -0.3 is 4.98 Å². The van der Waals surface area contributed by atoms with E-state index in [1.165, 1.54) is 14.5 Å². The molecule has 1 N–H and O–H groups in total. The SMILES string of the molecule is Brc1ccc2[nH]ccc2c1I. The van der Waals surface area contributed by atoms with Crippen molar-refractivity contribution in [1.29, 1.82) is 0 Å². The van der Waals surface area contributed by atoms with Crippen molar-refractivity contribution in [1.82, 2.24) is 4.98 Å². The maximum Gasteiger partial charge on any atom is 0.0465 e. The number of benzene rings is 1. The van der Waals surface area contributed by atoms with Gasteiger partial charge in [-0.05, 0) is 56.7 Å². The Bertz CT molecular complexity index is 394. The lowest BCUT2D eigenvalue weighted by Gasteiger charge is -1.96. The topological polar surface area (TPSA) is 15.8 Å². The molecule has 0 amide bonds. The van der Waals surface area contributed by atoms with E-state index in [1.807, 2.05) is 6.20 Å². The Hall–Kier alpha value is -0.0300. The quantitative estimate of drug-likeness (QED) is 0.714. The van der Waals surface area contributed by atoms with Crippen LogP contribution in [0.5, 0.6) is 0 Å². The highest BCUT2D eigenvalue weighted by Crippen LogP contribution is 2.26. The van der Waals surface area contributed by atoms with E-state index in [4.69, 9.17) is 0 Å². The Kier molecular flexibility index (Phi) is 1.93. The number of H-pyrrole nitrogens is 1. The molecule has 2 rings (SSSR count). The molecule has 11 heavy (non-hydrogen) atoms. The lowest BCUT2D eigenvalue weighted by Crippen LogP contribution is -1.75. The third-order valence-corrected chi connectivity index (χ3v) is 4.19. The zero-order valence-corrected chi connectivity index (χ0v) is 9.31. The number of halogens is 2. The van der Waals surface area contributed by atoms with E-state index in [0.717, 1.165) is 4.47 Å². The zero-order valence-electron chi connectivity index (χ0n) is 5.57. The molecule has 56 valence electrons. The summed E-state index contributed by atoms with van der Waals surface area (Å²) in [6.07, 6.45) is 1.96. The molecule has 3 heteroatoms. The number of hydrogen-bond acceptors (Lipinski definition) is 0. The van der Waals surface area contributed by atoms with E-state index in [1.54, 1.807) is 0 Å². The molecule has 0 radical (unpaired) electrons. The number of rotatable bonds is 0. The molecule has 0 aliphatic heterocycles. The van der Waals surface area contributed by atoms with Gasteiger partial charge in [0.1, 0.15) is 0 Å². The number of hydrogen-bond donors (Lipinski definition) is 1. The van der Waals surface area contributed by atoms with Crippen molar-refractivity contribution in [3.63, 3.8) is 0 Å². The van der Waals surface area contributed by atoms with E-state index in [0.29, 0.717) is 0 Å². The van der Waals surface area contributed by atoms with E-state index in [-0.39, 0.29) is 0 Å². The van der Waals surface area contributed by atoms with Gasteiger partial charge in [0.25, 0.3) is 0 Å². The highest BCUT2D eigenvalue weighted by Gasteiger charge is 2.01. The summed E-state index contributed by atoms with van der Waals surface area (Å²) in [5, 5.41) is 1.28. The van der Waals surface area contributed by atoms with Crippen molar-refractivity contribution < 1.29 is 0 Å². The summed E-state index contributed by atoms with van der Waals surface area (Å²) in [5.41, 5.74) is 1.19. The van der Waals surface area contributed by atoms with Crippen LogP contribution in [0.4, 0.5) is 0 Å². The molecule has 1 heterocycles. The van der Waals surface area contributed by atoms with Crippen LogP contribution in [-0.4, -0.2) is 4.98 Å². The molecule has 0 spiro atoms. The molecule has 1 aromatic carbocycles. The highest BCUT2D eigenvalue weighted by molar-refractivity contribution is 14.1. The predicted molar refractivity (Wildman–Crippen MR) is 58.7 cm³/mol. The second-order valence-electron chi connectivity index (χ2n) is 2.30. The summed E-state index contributed by atoms with van der Waals surface area (Å²) in [5.74, 6) is 0. The van der Waals surface area contributed by atoms with Crippen LogP contribution in [0.2, 0.25) is 0 Å². The van der Waals surface area contributed by atoms with Gasteiger partial charge in [-0.15, -0.1) is 0 Å². The molecule has 1 nitrogen and oxygen atoms in total. The second-order valence-corrected chi connectivity index (χ2v) is 4.23. The number of aromatic amines is 1. The normalized spacial score (nSPS) is 10.7. The summed E-state index contributed by atoms with van der Waals surface area (Å²) in [4.78, 5) is 3.16. The van der Waals surface area contributed by atoms with E-state index in [9.17, 15) is 0 Å². The molecule has 0 saturated heterocycles. The van der Waals surface area contributed by atoms with Gasteiger partial charge in [-0.2, -0.15) is 0 Å². The average Bonchev–Trinajstić information content (AvgIpc) is 2.45. The first-order valence-corrected chi connectivity index (χ1v) is 5.07. The third-order valence-electron chi connectivity index (χ3n) is 1.62. The minimum atomic E-state index is 1.16. The minimum Gasteiger partial charge on any atom is -0.361 e. The molecule has 0 atom stereocenters. The van der Waals surface area contributed by atoms with Crippen LogP contribution >= 0.6 is 38.5 Å². The van der Waals surface area contributed by atoms with Crippen molar-refractivity contribution in [3.8, 4) is 0 Å². The van der Waals surface area contributed by atoms with Gasteiger partial charge in [0, 0.05) is 25.1 Å². The first-order chi connectivity index (χ1) is 5.29. The van der Waals surface area contributed by atoms with Crippen molar-refractivity contribution >= 4 is 49.4 Å². The molecule has 0 saturated carbocycles. The average molecular weight is 322 g/mol. The van der Waals surface area contributed by atoms with Gasteiger partial charge >= 0.3 is 0 Å².